The van der Waals surface area contributed by atoms with Crippen molar-refractivity contribution in [3.05, 3.63) is 64.9 Å². The largest absolute Gasteiger partial charge is 0.464 e. The van der Waals surface area contributed by atoms with Crippen LogP contribution in [0.25, 0.3) is 11.0 Å². The summed E-state index contributed by atoms with van der Waals surface area (Å²) in [5, 5.41) is 6.35. The highest BCUT2D eigenvalue weighted by atomic mass is 16.3. The first-order chi connectivity index (χ1) is 12.0. The van der Waals surface area contributed by atoms with Gasteiger partial charge in [0.05, 0.1) is 12.7 Å². The number of anilines is 1. The van der Waals surface area contributed by atoms with E-state index in [4.69, 9.17) is 4.42 Å². The summed E-state index contributed by atoms with van der Waals surface area (Å²) < 4.78 is 5.64. The first-order valence-corrected chi connectivity index (χ1v) is 8.08. The Morgan fingerprint density at radius 1 is 1.12 bits per heavy atom. The van der Waals surface area contributed by atoms with Crippen LogP contribution in [0.5, 0.6) is 0 Å². The number of hydrogen-bond acceptors (Lipinski definition) is 3. The van der Waals surface area contributed by atoms with Gasteiger partial charge in [0.15, 0.2) is 0 Å². The highest BCUT2D eigenvalue weighted by Crippen LogP contribution is 2.27. The number of fused-ring (bicyclic) bond motifs is 1. The predicted octanol–water partition coefficient (Wildman–Crippen LogP) is 3.59. The first-order valence-electron chi connectivity index (χ1n) is 8.08. The predicted molar refractivity (Wildman–Crippen MR) is 97.9 cm³/mol. The summed E-state index contributed by atoms with van der Waals surface area (Å²) in [6.45, 7) is 4.04. The minimum Gasteiger partial charge on any atom is -0.464 e. The lowest BCUT2D eigenvalue weighted by Gasteiger charge is -2.07. The average Bonchev–Trinajstić information content (AvgIpc) is 3.01. The molecule has 0 aliphatic heterocycles. The highest BCUT2D eigenvalue weighted by molar-refractivity contribution is 5.98. The van der Waals surface area contributed by atoms with Gasteiger partial charge in [0, 0.05) is 29.2 Å². The Balaban J connectivity index is 1.77. The van der Waals surface area contributed by atoms with Crippen LogP contribution < -0.4 is 10.6 Å². The molecule has 5 nitrogen and oxygen atoms in total. The van der Waals surface area contributed by atoms with E-state index in [2.05, 4.69) is 10.6 Å². The molecule has 0 aliphatic carbocycles. The summed E-state index contributed by atoms with van der Waals surface area (Å²) in [5.41, 5.74) is 5.00. The standard InChI is InChI=1S/C20H20N2O3/c1-12-7-8-17-15(11-25-19(17)13(12)2)10-18(23)22-16-6-4-5-14(9-16)20(24)21-3/h4-9,11H,10H2,1-3H3,(H,21,24)(H,22,23). The third-order valence-corrected chi connectivity index (χ3v) is 4.33. The number of rotatable bonds is 4. The zero-order valence-corrected chi connectivity index (χ0v) is 14.5. The van der Waals surface area contributed by atoms with Gasteiger partial charge in [-0.05, 0) is 43.2 Å². The zero-order chi connectivity index (χ0) is 18.0. The lowest BCUT2D eigenvalue weighted by Crippen LogP contribution is -2.19. The lowest BCUT2D eigenvalue weighted by molar-refractivity contribution is -0.115. The van der Waals surface area contributed by atoms with Crippen LogP contribution in [0.15, 0.2) is 47.1 Å². The van der Waals surface area contributed by atoms with E-state index in [0.29, 0.717) is 11.3 Å². The molecule has 0 aliphatic rings. The molecule has 0 saturated carbocycles. The molecule has 0 unspecified atom stereocenters. The Bertz CT molecular complexity index is 957. The SMILES string of the molecule is CNC(=O)c1cccc(NC(=O)Cc2coc3c(C)c(C)ccc23)c1. The van der Waals surface area contributed by atoms with E-state index in [0.717, 1.165) is 27.7 Å². The maximum atomic E-state index is 12.4. The maximum Gasteiger partial charge on any atom is 0.251 e. The van der Waals surface area contributed by atoms with Gasteiger partial charge >= 0.3 is 0 Å². The van der Waals surface area contributed by atoms with Crippen molar-refractivity contribution >= 4 is 28.5 Å². The summed E-state index contributed by atoms with van der Waals surface area (Å²) in [7, 11) is 1.57. The van der Waals surface area contributed by atoms with Gasteiger partial charge in [-0.1, -0.05) is 18.2 Å². The summed E-state index contributed by atoms with van der Waals surface area (Å²) in [6.07, 6.45) is 1.84. The normalized spacial score (nSPS) is 10.7. The van der Waals surface area contributed by atoms with Crippen molar-refractivity contribution in [1.29, 1.82) is 0 Å². The molecule has 2 amide bonds. The van der Waals surface area contributed by atoms with E-state index in [1.165, 1.54) is 0 Å². The van der Waals surface area contributed by atoms with Crippen LogP contribution in [0.2, 0.25) is 0 Å². The van der Waals surface area contributed by atoms with Gasteiger partial charge in [-0.15, -0.1) is 0 Å². The number of aryl methyl sites for hydroxylation is 2. The molecule has 0 fully saturated rings. The van der Waals surface area contributed by atoms with Gasteiger partial charge in [0.25, 0.3) is 5.91 Å². The van der Waals surface area contributed by atoms with Crippen molar-refractivity contribution in [3.63, 3.8) is 0 Å². The van der Waals surface area contributed by atoms with Gasteiger partial charge in [0.1, 0.15) is 5.58 Å². The van der Waals surface area contributed by atoms with Crippen LogP contribution >= 0.6 is 0 Å². The molecule has 0 radical (unpaired) electrons. The number of hydrogen-bond donors (Lipinski definition) is 2. The van der Waals surface area contributed by atoms with Crippen molar-refractivity contribution in [2.24, 2.45) is 0 Å². The minimum absolute atomic E-state index is 0.157. The maximum absolute atomic E-state index is 12.4. The Morgan fingerprint density at radius 3 is 2.68 bits per heavy atom. The smallest absolute Gasteiger partial charge is 0.251 e. The summed E-state index contributed by atoms with van der Waals surface area (Å²) in [5.74, 6) is -0.349. The third kappa shape index (κ3) is 3.40. The second kappa shape index (κ2) is 6.81. The van der Waals surface area contributed by atoms with E-state index in [1.807, 2.05) is 26.0 Å². The van der Waals surface area contributed by atoms with Crippen molar-refractivity contribution in [2.75, 3.05) is 12.4 Å². The molecule has 0 spiro atoms. The monoisotopic (exact) mass is 336 g/mol. The van der Waals surface area contributed by atoms with Crippen molar-refractivity contribution in [3.8, 4) is 0 Å². The number of amides is 2. The summed E-state index contributed by atoms with van der Waals surface area (Å²) >= 11 is 0. The Labute approximate surface area is 146 Å². The van der Waals surface area contributed by atoms with Gasteiger partial charge in [-0.3, -0.25) is 9.59 Å². The third-order valence-electron chi connectivity index (χ3n) is 4.33. The Hall–Kier alpha value is -3.08. The molecule has 0 saturated heterocycles. The van der Waals surface area contributed by atoms with Crippen molar-refractivity contribution < 1.29 is 14.0 Å². The fraction of sp³-hybridized carbons (Fsp3) is 0.200. The molecule has 25 heavy (non-hydrogen) atoms. The van der Waals surface area contributed by atoms with Crippen LogP contribution in [-0.2, 0) is 11.2 Å². The molecule has 1 aromatic heterocycles. The van der Waals surface area contributed by atoms with Crippen LogP contribution in [0.4, 0.5) is 5.69 Å². The summed E-state index contributed by atoms with van der Waals surface area (Å²) in [6, 6.07) is 10.9. The molecule has 128 valence electrons. The molecule has 0 atom stereocenters. The number of benzene rings is 2. The second-order valence-electron chi connectivity index (χ2n) is 6.03. The van der Waals surface area contributed by atoms with Crippen LogP contribution in [0, 0.1) is 13.8 Å². The molecule has 5 heteroatoms. The zero-order valence-electron chi connectivity index (χ0n) is 14.5. The molecule has 3 aromatic rings. The van der Waals surface area contributed by atoms with Crippen LogP contribution in [0.3, 0.4) is 0 Å². The number of furan rings is 1. The molecule has 2 N–H and O–H groups in total. The molecule has 1 heterocycles. The number of nitrogens with one attached hydrogen (secondary N) is 2. The first kappa shape index (κ1) is 16.8. The molecule has 3 rings (SSSR count). The van der Waals surface area contributed by atoms with E-state index in [-0.39, 0.29) is 18.2 Å². The van der Waals surface area contributed by atoms with E-state index >= 15 is 0 Å². The van der Waals surface area contributed by atoms with Gasteiger partial charge in [0.2, 0.25) is 5.91 Å². The van der Waals surface area contributed by atoms with Crippen molar-refractivity contribution in [1.82, 2.24) is 5.32 Å². The van der Waals surface area contributed by atoms with E-state index < -0.39 is 0 Å². The average molecular weight is 336 g/mol. The van der Waals surface area contributed by atoms with Crippen LogP contribution in [-0.4, -0.2) is 18.9 Å². The molecule has 2 aromatic carbocycles. The second-order valence-corrected chi connectivity index (χ2v) is 6.03. The van der Waals surface area contributed by atoms with Gasteiger partial charge in [-0.2, -0.15) is 0 Å². The van der Waals surface area contributed by atoms with Crippen LogP contribution in [0.1, 0.15) is 27.0 Å². The van der Waals surface area contributed by atoms with Gasteiger partial charge < -0.3 is 15.1 Å². The topological polar surface area (TPSA) is 71.3 Å². The molecular weight excluding hydrogens is 316 g/mol. The summed E-state index contributed by atoms with van der Waals surface area (Å²) in [4.78, 5) is 24.1. The minimum atomic E-state index is -0.192. The Morgan fingerprint density at radius 2 is 1.92 bits per heavy atom. The van der Waals surface area contributed by atoms with E-state index in [9.17, 15) is 9.59 Å². The fourth-order valence-corrected chi connectivity index (χ4v) is 2.79. The fourth-order valence-electron chi connectivity index (χ4n) is 2.79. The van der Waals surface area contributed by atoms with Crippen molar-refractivity contribution in [2.45, 2.75) is 20.3 Å². The molecule has 0 bridgehead atoms. The molecular formula is C20H20N2O3. The quantitative estimate of drug-likeness (QED) is 0.765. The van der Waals surface area contributed by atoms with Gasteiger partial charge in [-0.25, -0.2) is 0 Å². The number of carbonyl (C=O) groups is 2. The number of carbonyl (C=O) groups excluding carboxylic acids is 2. The Kier molecular flexibility index (Phi) is 4.57. The highest BCUT2D eigenvalue weighted by Gasteiger charge is 2.13. The lowest BCUT2D eigenvalue weighted by atomic mass is 10.0. The van der Waals surface area contributed by atoms with E-state index in [1.54, 1.807) is 37.6 Å².